The van der Waals surface area contributed by atoms with Gasteiger partial charge in [-0.2, -0.15) is 5.10 Å². The maximum atomic E-state index is 12.5. The summed E-state index contributed by atoms with van der Waals surface area (Å²) in [6, 6.07) is 15.3. The van der Waals surface area contributed by atoms with Crippen LogP contribution in [0.2, 0.25) is 0 Å². The number of ether oxygens (including phenoxy) is 1. The Morgan fingerprint density at radius 3 is 2.77 bits per heavy atom. The summed E-state index contributed by atoms with van der Waals surface area (Å²) in [5.74, 6) is 0.807. The molecule has 22 heavy (non-hydrogen) atoms. The Labute approximate surface area is 129 Å². The zero-order chi connectivity index (χ0) is 15.5. The van der Waals surface area contributed by atoms with Crippen molar-refractivity contribution in [2.45, 2.75) is 26.5 Å². The van der Waals surface area contributed by atoms with Crippen LogP contribution in [0.4, 0.5) is 0 Å². The minimum atomic E-state index is -0.0757. The van der Waals surface area contributed by atoms with E-state index in [2.05, 4.69) is 5.10 Å². The molecule has 0 N–H and O–H groups in total. The minimum Gasteiger partial charge on any atom is -0.491 e. The van der Waals surface area contributed by atoms with Gasteiger partial charge in [0.25, 0.3) is 5.56 Å². The fourth-order valence-electron chi connectivity index (χ4n) is 2.40. The summed E-state index contributed by atoms with van der Waals surface area (Å²) in [5, 5.41) is 5.80. The standard InChI is InChI=1S/C18H18N2O2/c1-13(2)22-16-8-5-6-14(10-16)12-20-18(21)17-9-4-3-7-15(17)11-19-20/h3-11,13H,12H2,1-2H3. The minimum absolute atomic E-state index is 0.0757. The Hall–Kier alpha value is -2.62. The molecule has 0 amide bonds. The van der Waals surface area contributed by atoms with E-state index >= 15 is 0 Å². The van der Waals surface area contributed by atoms with E-state index in [1.165, 1.54) is 4.68 Å². The third-order valence-electron chi connectivity index (χ3n) is 3.36. The molecule has 0 fully saturated rings. The number of nitrogens with zero attached hydrogens (tertiary/aromatic N) is 2. The van der Waals surface area contributed by atoms with Gasteiger partial charge in [0.15, 0.2) is 0 Å². The molecule has 3 aromatic rings. The molecule has 0 atom stereocenters. The Balaban J connectivity index is 1.93. The van der Waals surface area contributed by atoms with Crippen molar-refractivity contribution in [3.63, 3.8) is 0 Å². The third-order valence-corrected chi connectivity index (χ3v) is 3.36. The number of hydrogen-bond donors (Lipinski definition) is 0. The molecule has 0 saturated heterocycles. The van der Waals surface area contributed by atoms with Crippen LogP contribution in [-0.4, -0.2) is 15.9 Å². The van der Waals surface area contributed by atoms with Gasteiger partial charge in [-0.3, -0.25) is 4.79 Å². The normalized spacial score (nSPS) is 11.0. The third kappa shape index (κ3) is 3.01. The predicted molar refractivity (Wildman–Crippen MR) is 87.3 cm³/mol. The van der Waals surface area contributed by atoms with Crippen LogP contribution in [0.1, 0.15) is 19.4 Å². The Morgan fingerprint density at radius 2 is 1.95 bits per heavy atom. The molecule has 1 heterocycles. The van der Waals surface area contributed by atoms with Crippen LogP contribution in [0.25, 0.3) is 10.8 Å². The second kappa shape index (κ2) is 6.02. The second-order valence-corrected chi connectivity index (χ2v) is 5.51. The molecule has 0 radical (unpaired) electrons. The lowest BCUT2D eigenvalue weighted by Crippen LogP contribution is -2.23. The van der Waals surface area contributed by atoms with E-state index in [9.17, 15) is 4.79 Å². The molecule has 2 aromatic carbocycles. The summed E-state index contributed by atoms with van der Waals surface area (Å²) in [6.07, 6.45) is 1.85. The van der Waals surface area contributed by atoms with E-state index in [1.807, 2.05) is 62.4 Å². The summed E-state index contributed by atoms with van der Waals surface area (Å²) in [5.41, 5.74) is 0.913. The van der Waals surface area contributed by atoms with E-state index in [0.29, 0.717) is 11.9 Å². The molecule has 4 heteroatoms. The highest BCUT2D eigenvalue weighted by molar-refractivity contribution is 5.80. The molecule has 3 rings (SSSR count). The molecule has 0 aliphatic rings. The number of hydrogen-bond acceptors (Lipinski definition) is 3. The fraction of sp³-hybridized carbons (Fsp3) is 0.222. The molecule has 0 bridgehead atoms. The monoisotopic (exact) mass is 294 g/mol. The molecule has 0 aliphatic heterocycles. The smallest absolute Gasteiger partial charge is 0.274 e. The molecule has 1 aromatic heterocycles. The SMILES string of the molecule is CC(C)Oc1cccc(Cn2ncc3ccccc3c2=O)c1. The Morgan fingerprint density at radius 1 is 1.14 bits per heavy atom. The van der Waals surface area contributed by atoms with E-state index in [-0.39, 0.29) is 11.7 Å². The molecule has 112 valence electrons. The summed E-state index contributed by atoms with van der Waals surface area (Å²) in [7, 11) is 0. The molecular weight excluding hydrogens is 276 g/mol. The summed E-state index contributed by atoms with van der Waals surface area (Å²) in [6.45, 7) is 4.41. The lowest BCUT2D eigenvalue weighted by molar-refractivity contribution is 0.242. The number of fused-ring (bicyclic) bond motifs is 1. The number of benzene rings is 2. The van der Waals surface area contributed by atoms with Crippen molar-refractivity contribution in [1.82, 2.24) is 9.78 Å². The van der Waals surface area contributed by atoms with Gasteiger partial charge in [0.05, 0.1) is 24.2 Å². The van der Waals surface area contributed by atoms with Crippen molar-refractivity contribution in [2.75, 3.05) is 0 Å². The van der Waals surface area contributed by atoms with Crippen LogP contribution >= 0.6 is 0 Å². The lowest BCUT2D eigenvalue weighted by Gasteiger charge is -2.11. The van der Waals surface area contributed by atoms with Gasteiger partial charge in [-0.25, -0.2) is 4.68 Å². The van der Waals surface area contributed by atoms with Crippen LogP contribution in [0.5, 0.6) is 5.75 Å². The first-order valence-electron chi connectivity index (χ1n) is 7.34. The van der Waals surface area contributed by atoms with E-state index in [0.717, 1.165) is 16.7 Å². The van der Waals surface area contributed by atoms with Crippen molar-refractivity contribution in [3.8, 4) is 5.75 Å². The summed E-state index contributed by atoms with van der Waals surface area (Å²) < 4.78 is 7.17. The second-order valence-electron chi connectivity index (χ2n) is 5.51. The number of aromatic nitrogens is 2. The van der Waals surface area contributed by atoms with Gasteiger partial charge >= 0.3 is 0 Å². The van der Waals surface area contributed by atoms with Gasteiger partial charge in [0.1, 0.15) is 5.75 Å². The first kappa shape index (κ1) is 14.3. The molecule has 0 unspecified atom stereocenters. The fourth-order valence-corrected chi connectivity index (χ4v) is 2.40. The van der Waals surface area contributed by atoms with Crippen molar-refractivity contribution in [1.29, 1.82) is 0 Å². The first-order valence-corrected chi connectivity index (χ1v) is 7.34. The topological polar surface area (TPSA) is 44.1 Å². The van der Waals surface area contributed by atoms with Gasteiger partial charge in [-0.05, 0) is 37.6 Å². The number of rotatable bonds is 4. The Bertz CT molecular complexity index is 853. The van der Waals surface area contributed by atoms with Gasteiger partial charge in [-0.15, -0.1) is 0 Å². The quantitative estimate of drug-likeness (QED) is 0.742. The van der Waals surface area contributed by atoms with Crippen molar-refractivity contribution >= 4 is 10.8 Å². The molecule has 0 spiro atoms. The van der Waals surface area contributed by atoms with Crippen molar-refractivity contribution in [2.24, 2.45) is 0 Å². The Kier molecular flexibility index (Phi) is 3.92. The molecule has 4 nitrogen and oxygen atoms in total. The van der Waals surface area contributed by atoms with Crippen LogP contribution < -0.4 is 10.3 Å². The summed E-state index contributed by atoms with van der Waals surface area (Å²) >= 11 is 0. The van der Waals surface area contributed by atoms with E-state index in [1.54, 1.807) is 6.20 Å². The van der Waals surface area contributed by atoms with Crippen LogP contribution in [0.3, 0.4) is 0 Å². The lowest BCUT2D eigenvalue weighted by atomic mass is 10.2. The van der Waals surface area contributed by atoms with E-state index < -0.39 is 0 Å². The van der Waals surface area contributed by atoms with Gasteiger partial charge < -0.3 is 4.74 Å². The van der Waals surface area contributed by atoms with Crippen LogP contribution in [0, 0.1) is 0 Å². The average molecular weight is 294 g/mol. The van der Waals surface area contributed by atoms with Gasteiger partial charge in [0, 0.05) is 5.39 Å². The van der Waals surface area contributed by atoms with Crippen molar-refractivity contribution < 1.29 is 4.74 Å². The van der Waals surface area contributed by atoms with Gasteiger partial charge in [0.2, 0.25) is 0 Å². The highest BCUT2D eigenvalue weighted by Gasteiger charge is 2.05. The highest BCUT2D eigenvalue weighted by Crippen LogP contribution is 2.15. The average Bonchev–Trinajstić information content (AvgIpc) is 2.50. The maximum absolute atomic E-state index is 12.5. The molecular formula is C18H18N2O2. The zero-order valence-electron chi connectivity index (χ0n) is 12.7. The largest absolute Gasteiger partial charge is 0.491 e. The van der Waals surface area contributed by atoms with E-state index in [4.69, 9.17) is 4.74 Å². The van der Waals surface area contributed by atoms with Crippen molar-refractivity contribution in [3.05, 3.63) is 70.6 Å². The molecule has 0 saturated carbocycles. The van der Waals surface area contributed by atoms with Gasteiger partial charge in [-0.1, -0.05) is 30.3 Å². The summed E-state index contributed by atoms with van der Waals surface area (Å²) in [4.78, 5) is 12.5. The zero-order valence-corrected chi connectivity index (χ0v) is 12.7. The first-order chi connectivity index (χ1) is 10.6. The molecule has 0 aliphatic carbocycles. The van der Waals surface area contributed by atoms with Crippen LogP contribution in [0.15, 0.2) is 59.5 Å². The maximum Gasteiger partial charge on any atom is 0.274 e. The highest BCUT2D eigenvalue weighted by atomic mass is 16.5. The van der Waals surface area contributed by atoms with Crippen LogP contribution in [-0.2, 0) is 6.54 Å². The predicted octanol–water partition coefficient (Wildman–Crippen LogP) is 3.23.